The highest BCUT2D eigenvalue weighted by atomic mass is 16.6. The second kappa shape index (κ2) is 16.1. The van der Waals surface area contributed by atoms with Crippen LogP contribution in [0.5, 0.6) is 0 Å². The number of hydrogen-bond donors (Lipinski definition) is 0. The lowest BCUT2D eigenvalue weighted by molar-refractivity contribution is -0.0347. The normalized spacial score (nSPS) is 17.8. The van der Waals surface area contributed by atoms with E-state index in [4.69, 9.17) is 14.2 Å². The molecule has 0 spiro atoms. The van der Waals surface area contributed by atoms with Crippen molar-refractivity contribution >= 4 is 0 Å². The van der Waals surface area contributed by atoms with Crippen LogP contribution in [0.25, 0.3) is 0 Å². The summed E-state index contributed by atoms with van der Waals surface area (Å²) in [5.74, 6) is 0.726. The molecule has 25 heavy (non-hydrogen) atoms. The van der Waals surface area contributed by atoms with Crippen LogP contribution in [0.2, 0.25) is 0 Å². The third kappa shape index (κ3) is 14.7. The molecule has 0 saturated carbocycles. The van der Waals surface area contributed by atoms with Gasteiger partial charge in [-0.25, -0.2) is 0 Å². The molecule has 0 bridgehead atoms. The van der Waals surface area contributed by atoms with Crippen molar-refractivity contribution in [1.29, 1.82) is 0 Å². The molecule has 2 atom stereocenters. The fourth-order valence-corrected chi connectivity index (χ4v) is 3.05. The Bertz CT molecular complexity index is 274. The van der Waals surface area contributed by atoms with Gasteiger partial charge in [0.05, 0.1) is 18.8 Å². The average molecular weight is 359 g/mol. The van der Waals surface area contributed by atoms with Gasteiger partial charge in [0, 0.05) is 13.7 Å². The number of ether oxygens (including phenoxy) is 3. The van der Waals surface area contributed by atoms with Crippen molar-refractivity contribution in [1.82, 2.24) is 0 Å². The number of unbranched alkanes of at least 4 members (excludes halogenated alkanes) is 5. The Balaban J connectivity index is 0.000000593. The van der Waals surface area contributed by atoms with Gasteiger partial charge in [-0.15, -0.1) is 0 Å². The molecular formula is C22H46O3. The summed E-state index contributed by atoms with van der Waals surface area (Å²) in [6, 6.07) is 0. The van der Waals surface area contributed by atoms with E-state index >= 15 is 0 Å². The topological polar surface area (TPSA) is 31.0 Å². The van der Waals surface area contributed by atoms with Crippen LogP contribution in [0.1, 0.15) is 98.8 Å². The Labute approximate surface area is 158 Å². The quantitative estimate of drug-likeness (QED) is 0.251. The lowest BCUT2D eigenvalue weighted by Gasteiger charge is -2.33. The van der Waals surface area contributed by atoms with Crippen LogP contribution in [-0.2, 0) is 14.2 Å². The largest absolute Gasteiger partial charge is 0.379 e. The summed E-state index contributed by atoms with van der Waals surface area (Å²) in [6.45, 7) is 13.7. The molecule has 0 aromatic carbocycles. The number of hydrogen-bond acceptors (Lipinski definition) is 3. The summed E-state index contributed by atoms with van der Waals surface area (Å²) in [6.07, 6.45) is 13.8. The van der Waals surface area contributed by atoms with Gasteiger partial charge in [-0.05, 0) is 39.0 Å². The second-order valence-corrected chi connectivity index (χ2v) is 7.88. The minimum Gasteiger partial charge on any atom is -0.379 e. The fraction of sp³-hybridized carbons (Fsp3) is 1.00. The van der Waals surface area contributed by atoms with Gasteiger partial charge >= 0.3 is 0 Å². The molecule has 2 unspecified atom stereocenters. The van der Waals surface area contributed by atoms with E-state index in [0.717, 1.165) is 32.2 Å². The molecule has 0 aromatic rings. The van der Waals surface area contributed by atoms with Gasteiger partial charge in [0.25, 0.3) is 0 Å². The van der Waals surface area contributed by atoms with Crippen molar-refractivity contribution in [2.45, 2.75) is 111 Å². The highest BCUT2D eigenvalue weighted by Crippen LogP contribution is 2.30. The van der Waals surface area contributed by atoms with Crippen molar-refractivity contribution in [3.8, 4) is 0 Å². The molecule has 1 aliphatic heterocycles. The first kappa shape index (κ1) is 24.9. The maximum Gasteiger partial charge on any atom is 0.104 e. The lowest BCUT2D eigenvalue weighted by atomic mass is 9.83. The monoisotopic (exact) mass is 358 g/mol. The van der Waals surface area contributed by atoms with E-state index in [2.05, 4.69) is 34.6 Å². The zero-order valence-electron chi connectivity index (χ0n) is 18.1. The van der Waals surface area contributed by atoms with Gasteiger partial charge in [0.1, 0.15) is 6.10 Å². The zero-order valence-corrected chi connectivity index (χ0v) is 18.1. The predicted molar refractivity (Wildman–Crippen MR) is 108 cm³/mol. The highest BCUT2D eigenvalue weighted by molar-refractivity contribution is 4.78. The Morgan fingerprint density at radius 1 is 0.920 bits per heavy atom. The Hall–Kier alpha value is -0.120. The minimum atomic E-state index is 0.0550. The first-order chi connectivity index (χ1) is 12.0. The average Bonchev–Trinajstić information content (AvgIpc) is 3.42. The highest BCUT2D eigenvalue weighted by Gasteiger charge is 2.27. The van der Waals surface area contributed by atoms with Crippen molar-refractivity contribution in [2.75, 3.05) is 26.9 Å². The van der Waals surface area contributed by atoms with Crippen LogP contribution >= 0.6 is 0 Å². The molecule has 1 aliphatic rings. The van der Waals surface area contributed by atoms with Crippen LogP contribution in [0, 0.1) is 5.92 Å². The van der Waals surface area contributed by atoms with E-state index in [1.54, 1.807) is 0 Å². The predicted octanol–water partition coefficient (Wildman–Crippen LogP) is 6.39. The van der Waals surface area contributed by atoms with Crippen LogP contribution < -0.4 is 0 Å². The van der Waals surface area contributed by atoms with Gasteiger partial charge in [-0.2, -0.15) is 0 Å². The van der Waals surface area contributed by atoms with Crippen molar-refractivity contribution in [3.63, 3.8) is 0 Å². The standard InChI is InChI=1S/C16H34O.C6H12O2/c1-6-8-9-10-11-12-14-15(13-7-2)16(3,4)17-5;1-2-3-7-4-6-5-8-6/h15H,6-14H2,1-5H3;6H,2-5H2,1H3. The molecule has 152 valence electrons. The molecule has 3 nitrogen and oxygen atoms in total. The molecule has 3 heteroatoms. The fourth-order valence-electron chi connectivity index (χ4n) is 3.05. The molecule has 1 fully saturated rings. The van der Waals surface area contributed by atoms with E-state index in [1.807, 2.05) is 7.11 Å². The number of rotatable bonds is 15. The van der Waals surface area contributed by atoms with E-state index in [0.29, 0.717) is 6.10 Å². The summed E-state index contributed by atoms with van der Waals surface area (Å²) >= 11 is 0. The van der Waals surface area contributed by atoms with Crippen LogP contribution in [0.3, 0.4) is 0 Å². The van der Waals surface area contributed by atoms with Gasteiger partial charge in [0.15, 0.2) is 0 Å². The SMILES string of the molecule is CCCCCCCCC(CCC)C(C)(C)OC.CCCOCC1CO1. The zero-order chi connectivity index (χ0) is 19.0. The number of methoxy groups -OCH3 is 1. The van der Waals surface area contributed by atoms with Crippen molar-refractivity contribution in [2.24, 2.45) is 5.92 Å². The molecule has 0 aromatic heterocycles. The summed E-state index contributed by atoms with van der Waals surface area (Å²) in [5.41, 5.74) is 0.0550. The van der Waals surface area contributed by atoms with Crippen LogP contribution in [0.15, 0.2) is 0 Å². The first-order valence-electron chi connectivity index (χ1n) is 10.8. The first-order valence-corrected chi connectivity index (χ1v) is 10.8. The molecule has 0 N–H and O–H groups in total. The van der Waals surface area contributed by atoms with Gasteiger partial charge < -0.3 is 14.2 Å². The summed E-state index contributed by atoms with van der Waals surface area (Å²) in [5, 5.41) is 0. The molecule has 0 amide bonds. The maximum atomic E-state index is 5.65. The Morgan fingerprint density at radius 3 is 2.08 bits per heavy atom. The smallest absolute Gasteiger partial charge is 0.104 e. The molecular weight excluding hydrogens is 312 g/mol. The number of epoxide rings is 1. The molecule has 1 rings (SSSR count). The minimum absolute atomic E-state index is 0.0550. The van der Waals surface area contributed by atoms with Crippen molar-refractivity contribution < 1.29 is 14.2 Å². The van der Waals surface area contributed by atoms with Crippen LogP contribution in [-0.4, -0.2) is 38.6 Å². The van der Waals surface area contributed by atoms with Gasteiger partial charge in [-0.3, -0.25) is 0 Å². The lowest BCUT2D eigenvalue weighted by Crippen LogP contribution is -2.33. The Kier molecular flexibility index (Phi) is 16.0. The molecule has 1 saturated heterocycles. The van der Waals surface area contributed by atoms with Gasteiger partial charge in [0.2, 0.25) is 0 Å². The van der Waals surface area contributed by atoms with Crippen LogP contribution in [0.4, 0.5) is 0 Å². The third-order valence-electron chi connectivity index (χ3n) is 5.11. The summed E-state index contributed by atoms with van der Waals surface area (Å²) < 4.78 is 15.8. The van der Waals surface area contributed by atoms with Gasteiger partial charge in [-0.1, -0.05) is 65.7 Å². The molecule has 0 radical (unpaired) electrons. The summed E-state index contributed by atoms with van der Waals surface area (Å²) in [4.78, 5) is 0. The molecule has 0 aliphatic carbocycles. The summed E-state index contributed by atoms with van der Waals surface area (Å²) in [7, 11) is 1.85. The third-order valence-corrected chi connectivity index (χ3v) is 5.11. The Morgan fingerprint density at radius 2 is 1.56 bits per heavy atom. The van der Waals surface area contributed by atoms with E-state index in [9.17, 15) is 0 Å². The van der Waals surface area contributed by atoms with E-state index in [1.165, 1.54) is 57.8 Å². The van der Waals surface area contributed by atoms with Crippen molar-refractivity contribution in [3.05, 3.63) is 0 Å². The molecule has 1 heterocycles. The second-order valence-electron chi connectivity index (χ2n) is 7.88. The van der Waals surface area contributed by atoms with E-state index < -0.39 is 0 Å². The van der Waals surface area contributed by atoms with E-state index in [-0.39, 0.29) is 5.60 Å². The maximum absolute atomic E-state index is 5.65.